The molecule has 0 radical (unpaired) electrons. The molecule has 0 aliphatic carbocycles. The van der Waals surface area contributed by atoms with Gasteiger partial charge in [0.1, 0.15) is 0 Å². The second-order valence-corrected chi connectivity index (χ2v) is 5.60. The monoisotopic (exact) mass is 264 g/mol. The maximum Gasteiger partial charge on any atom is 0.264 e. The first kappa shape index (κ1) is 14.1. The molecule has 0 saturated heterocycles. The molecule has 1 aromatic carbocycles. The van der Waals surface area contributed by atoms with Crippen LogP contribution >= 0.6 is 0 Å². The van der Waals surface area contributed by atoms with Gasteiger partial charge in [-0.1, -0.05) is 31.4 Å². The Kier molecular flexibility index (Phi) is 4.33. The van der Waals surface area contributed by atoms with Crippen LogP contribution in [0.15, 0.2) is 66.2 Å². The van der Waals surface area contributed by atoms with Crippen LogP contribution in [0.5, 0.6) is 0 Å². The summed E-state index contributed by atoms with van der Waals surface area (Å²) in [6, 6.07) is 8.75. The number of nitrogens with zero attached hydrogens (tertiary/aromatic N) is 1. The lowest BCUT2D eigenvalue weighted by molar-refractivity contribution is 0.601. The minimum absolute atomic E-state index is 0.0151. The van der Waals surface area contributed by atoms with Crippen LogP contribution in [0.1, 0.15) is 0 Å². The molecule has 0 saturated carbocycles. The molecule has 0 atom stereocenters. The number of nitrogens with two attached hydrogens (primary N) is 1. The molecule has 0 aromatic heterocycles. The summed E-state index contributed by atoms with van der Waals surface area (Å²) < 4.78 is 25.7. The van der Waals surface area contributed by atoms with Crippen molar-refractivity contribution >= 4 is 15.7 Å². The van der Waals surface area contributed by atoms with E-state index in [0.29, 0.717) is 5.69 Å². The highest BCUT2D eigenvalue weighted by molar-refractivity contribution is 7.96. The fourth-order valence-electron chi connectivity index (χ4n) is 1.36. The SMILES string of the molecule is C=C/C(=C\C(=C)N)S(=O)(=O)N(C)c1ccccc1. The van der Waals surface area contributed by atoms with Crippen LogP contribution in [0.2, 0.25) is 0 Å². The maximum absolute atomic E-state index is 12.3. The Hall–Kier alpha value is -2.01. The Bertz CT molecular complexity index is 574. The number of benzene rings is 1. The Labute approximate surface area is 108 Å². The Balaban J connectivity index is 3.22. The second-order valence-electron chi connectivity index (χ2n) is 3.63. The average Bonchev–Trinajstić information content (AvgIpc) is 2.35. The third-order valence-electron chi connectivity index (χ3n) is 2.31. The van der Waals surface area contributed by atoms with Crippen molar-refractivity contribution in [3.05, 3.63) is 66.2 Å². The van der Waals surface area contributed by atoms with Crippen LogP contribution in [0.4, 0.5) is 5.69 Å². The summed E-state index contributed by atoms with van der Waals surface area (Å²) in [5.41, 5.74) is 6.13. The summed E-state index contributed by atoms with van der Waals surface area (Å²) in [5, 5.41) is 0. The molecule has 0 bridgehead atoms. The standard InChI is InChI=1S/C13H16N2O2S/c1-4-13(10-11(2)14)18(16,17)15(3)12-8-6-5-7-9-12/h4-10H,1-2,14H2,3H3/b13-10+. The van der Waals surface area contributed by atoms with Crippen molar-refractivity contribution < 1.29 is 8.42 Å². The molecule has 2 N–H and O–H groups in total. The molecule has 0 heterocycles. The van der Waals surface area contributed by atoms with Gasteiger partial charge in [-0.2, -0.15) is 0 Å². The number of anilines is 1. The van der Waals surface area contributed by atoms with Crippen molar-refractivity contribution in [2.24, 2.45) is 5.73 Å². The van der Waals surface area contributed by atoms with Crippen molar-refractivity contribution in [2.45, 2.75) is 0 Å². The molecule has 1 aromatic rings. The van der Waals surface area contributed by atoms with Gasteiger partial charge in [0, 0.05) is 12.7 Å². The zero-order valence-electron chi connectivity index (χ0n) is 10.2. The van der Waals surface area contributed by atoms with Gasteiger partial charge in [0.15, 0.2) is 0 Å². The number of sulfonamides is 1. The summed E-state index contributed by atoms with van der Waals surface area (Å²) in [5.74, 6) is 0. The first-order valence-electron chi connectivity index (χ1n) is 5.22. The summed E-state index contributed by atoms with van der Waals surface area (Å²) in [4.78, 5) is 0.0151. The first-order valence-corrected chi connectivity index (χ1v) is 6.66. The summed E-state index contributed by atoms with van der Waals surface area (Å²) in [6.07, 6.45) is 2.52. The van der Waals surface area contributed by atoms with E-state index in [2.05, 4.69) is 13.2 Å². The smallest absolute Gasteiger partial charge is 0.264 e. The molecule has 0 fully saturated rings. The third kappa shape index (κ3) is 3.01. The molecular weight excluding hydrogens is 248 g/mol. The molecule has 5 heteroatoms. The first-order chi connectivity index (χ1) is 8.39. The van der Waals surface area contributed by atoms with Gasteiger partial charge in [-0.15, -0.1) is 0 Å². The molecule has 1 rings (SSSR count). The van der Waals surface area contributed by atoms with Crippen molar-refractivity contribution in [3.63, 3.8) is 0 Å². The van der Waals surface area contributed by atoms with Crippen molar-refractivity contribution in [1.29, 1.82) is 0 Å². The van der Waals surface area contributed by atoms with E-state index in [9.17, 15) is 8.42 Å². The highest BCUT2D eigenvalue weighted by Gasteiger charge is 2.21. The summed E-state index contributed by atoms with van der Waals surface area (Å²) in [6.45, 7) is 6.94. The lowest BCUT2D eigenvalue weighted by Crippen LogP contribution is -2.27. The molecule has 0 amide bonds. The summed E-state index contributed by atoms with van der Waals surface area (Å²) in [7, 11) is -2.19. The Morgan fingerprint density at radius 2 is 1.89 bits per heavy atom. The fraction of sp³-hybridized carbons (Fsp3) is 0.0769. The minimum Gasteiger partial charge on any atom is -0.399 e. The summed E-state index contributed by atoms with van der Waals surface area (Å²) >= 11 is 0. The highest BCUT2D eigenvalue weighted by atomic mass is 32.2. The van der Waals surface area contributed by atoms with E-state index in [-0.39, 0.29) is 10.6 Å². The van der Waals surface area contributed by atoms with Gasteiger partial charge in [0.05, 0.1) is 10.6 Å². The number of hydrogen-bond acceptors (Lipinski definition) is 3. The number of para-hydroxylation sites is 1. The van der Waals surface area contributed by atoms with Crippen LogP contribution in [-0.4, -0.2) is 15.5 Å². The van der Waals surface area contributed by atoms with Gasteiger partial charge in [-0.3, -0.25) is 4.31 Å². The van der Waals surface area contributed by atoms with Gasteiger partial charge in [0.2, 0.25) is 0 Å². The average molecular weight is 264 g/mol. The van der Waals surface area contributed by atoms with Crippen LogP contribution in [-0.2, 0) is 10.0 Å². The molecule has 4 nitrogen and oxygen atoms in total. The van der Waals surface area contributed by atoms with Gasteiger partial charge in [0.25, 0.3) is 10.0 Å². The van der Waals surface area contributed by atoms with Crippen LogP contribution < -0.4 is 10.0 Å². The predicted octanol–water partition coefficient (Wildman–Crippen LogP) is 1.99. The quantitative estimate of drug-likeness (QED) is 0.827. The normalized spacial score (nSPS) is 11.9. The second kappa shape index (κ2) is 5.55. The van der Waals surface area contributed by atoms with E-state index in [1.807, 2.05) is 6.07 Å². The topological polar surface area (TPSA) is 63.4 Å². The van der Waals surface area contributed by atoms with E-state index in [4.69, 9.17) is 5.73 Å². The van der Waals surface area contributed by atoms with Crippen molar-refractivity contribution in [1.82, 2.24) is 0 Å². The van der Waals surface area contributed by atoms with Crippen LogP contribution in [0, 0.1) is 0 Å². The largest absolute Gasteiger partial charge is 0.399 e. The lowest BCUT2D eigenvalue weighted by Gasteiger charge is -2.19. The van der Waals surface area contributed by atoms with Gasteiger partial charge >= 0.3 is 0 Å². The zero-order valence-corrected chi connectivity index (χ0v) is 11.0. The molecule has 18 heavy (non-hydrogen) atoms. The lowest BCUT2D eigenvalue weighted by atomic mass is 10.3. The number of hydrogen-bond donors (Lipinski definition) is 1. The number of allylic oxidation sites excluding steroid dienone is 2. The zero-order chi connectivity index (χ0) is 13.8. The Morgan fingerprint density at radius 3 is 2.33 bits per heavy atom. The molecule has 0 unspecified atom stereocenters. The fourth-order valence-corrected chi connectivity index (χ4v) is 2.58. The van der Waals surface area contributed by atoms with Crippen molar-refractivity contribution in [2.75, 3.05) is 11.4 Å². The predicted molar refractivity (Wildman–Crippen MR) is 75.4 cm³/mol. The van der Waals surface area contributed by atoms with Gasteiger partial charge in [-0.25, -0.2) is 8.42 Å². The van der Waals surface area contributed by atoms with E-state index < -0.39 is 10.0 Å². The van der Waals surface area contributed by atoms with E-state index in [1.165, 1.54) is 23.5 Å². The van der Waals surface area contributed by atoms with E-state index in [1.54, 1.807) is 24.3 Å². The van der Waals surface area contributed by atoms with Crippen LogP contribution in [0.3, 0.4) is 0 Å². The van der Waals surface area contributed by atoms with E-state index in [0.717, 1.165) is 0 Å². The van der Waals surface area contributed by atoms with Crippen molar-refractivity contribution in [3.8, 4) is 0 Å². The highest BCUT2D eigenvalue weighted by Crippen LogP contribution is 2.21. The van der Waals surface area contributed by atoms with E-state index >= 15 is 0 Å². The third-order valence-corrected chi connectivity index (χ3v) is 4.12. The Morgan fingerprint density at radius 1 is 1.33 bits per heavy atom. The maximum atomic E-state index is 12.3. The van der Waals surface area contributed by atoms with Gasteiger partial charge in [-0.05, 0) is 24.3 Å². The minimum atomic E-state index is -3.66. The molecule has 96 valence electrons. The molecule has 0 aliphatic rings. The molecule has 0 aliphatic heterocycles. The van der Waals surface area contributed by atoms with Crippen LogP contribution in [0.25, 0.3) is 0 Å². The molecule has 0 spiro atoms. The van der Waals surface area contributed by atoms with Gasteiger partial charge < -0.3 is 5.73 Å². The number of rotatable bonds is 5. The molecular formula is C13H16N2O2S.